The molecular formula is C13H15N3O2. The highest BCUT2D eigenvalue weighted by Crippen LogP contribution is 2.33. The monoisotopic (exact) mass is 245 g/mol. The smallest absolute Gasteiger partial charge is 0.246 e. The van der Waals surface area contributed by atoms with E-state index in [0.717, 1.165) is 11.4 Å². The summed E-state index contributed by atoms with van der Waals surface area (Å²) in [6.45, 7) is 1.05. The lowest BCUT2D eigenvalue weighted by molar-refractivity contribution is -0.117. The Kier molecular flexibility index (Phi) is 3.49. The van der Waals surface area contributed by atoms with Crippen LogP contribution in [0.4, 0.5) is 11.4 Å². The van der Waals surface area contributed by atoms with Crippen LogP contribution in [0.3, 0.4) is 0 Å². The molecule has 1 N–H and O–H groups in total. The molecule has 1 aromatic carbocycles. The second-order valence-corrected chi connectivity index (χ2v) is 4.27. The van der Waals surface area contributed by atoms with Crippen molar-refractivity contribution in [3.05, 3.63) is 23.8 Å². The van der Waals surface area contributed by atoms with Crippen LogP contribution in [0.15, 0.2) is 18.2 Å². The van der Waals surface area contributed by atoms with Gasteiger partial charge in [0.2, 0.25) is 5.91 Å². The summed E-state index contributed by atoms with van der Waals surface area (Å²) in [6, 6.07) is 7.39. The molecule has 0 aromatic heterocycles. The van der Waals surface area contributed by atoms with E-state index in [9.17, 15) is 4.79 Å². The third-order valence-corrected chi connectivity index (χ3v) is 3.09. The van der Waals surface area contributed by atoms with Gasteiger partial charge in [0, 0.05) is 20.2 Å². The van der Waals surface area contributed by atoms with Crippen molar-refractivity contribution in [3.8, 4) is 6.07 Å². The van der Waals surface area contributed by atoms with Crippen LogP contribution in [0.1, 0.15) is 12.0 Å². The van der Waals surface area contributed by atoms with Gasteiger partial charge in [-0.15, -0.1) is 0 Å². The summed E-state index contributed by atoms with van der Waals surface area (Å²) >= 11 is 0. The summed E-state index contributed by atoms with van der Waals surface area (Å²) in [5.41, 5.74) is 2.23. The topological polar surface area (TPSA) is 67.6 Å². The number of hydrogen-bond acceptors (Lipinski definition) is 4. The molecule has 1 aliphatic rings. The molecule has 5 heteroatoms. The number of rotatable bonds is 3. The molecule has 1 heterocycles. The van der Waals surface area contributed by atoms with Gasteiger partial charge in [0.05, 0.1) is 29.6 Å². The summed E-state index contributed by atoms with van der Waals surface area (Å²) in [5, 5.41) is 17.8. The number of nitriles is 1. The number of aliphatic hydroxyl groups excluding tert-OH is 1. The molecule has 0 atom stereocenters. The lowest BCUT2D eigenvalue weighted by Gasteiger charge is -2.35. The van der Waals surface area contributed by atoms with Gasteiger partial charge in [-0.05, 0) is 24.6 Å². The number of hydrogen-bond donors (Lipinski definition) is 1. The van der Waals surface area contributed by atoms with E-state index >= 15 is 0 Å². The van der Waals surface area contributed by atoms with Crippen LogP contribution in [0.25, 0.3) is 0 Å². The molecule has 1 aliphatic heterocycles. The van der Waals surface area contributed by atoms with Crippen molar-refractivity contribution in [2.24, 2.45) is 0 Å². The zero-order valence-electron chi connectivity index (χ0n) is 10.3. The molecule has 0 saturated heterocycles. The molecule has 0 radical (unpaired) electrons. The lowest BCUT2D eigenvalue weighted by Crippen LogP contribution is -2.44. The Hall–Kier alpha value is -2.06. The van der Waals surface area contributed by atoms with Crippen LogP contribution in [-0.2, 0) is 4.79 Å². The number of amides is 1. The second kappa shape index (κ2) is 5.07. The number of carbonyl (C=O) groups excluding carboxylic acids is 1. The van der Waals surface area contributed by atoms with E-state index in [1.54, 1.807) is 24.1 Å². The van der Waals surface area contributed by atoms with Gasteiger partial charge >= 0.3 is 0 Å². The number of aliphatic hydroxyl groups is 1. The van der Waals surface area contributed by atoms with Gasteiger partial charge in [0.1, 0.15) is 0 Å². The minimum absolute atomic E-state index is 0.00414. The fourth-order valence-electron chi connectivity index (χ4n) is 2.08. The summed E-state index contributed by atoms with van der Waals surface area (Å²) in [6.07, 6.45) is 0.621. The Morgan fingerprint density at radius 3 is 2.89 bits per heavy atom. The maximum absolute atomic E-state index is 11.9. The van der Waals surface area contributed by atoms with Crippen LogP contribution >= 0.6 is 0 Å². The van der Waals surface area contributed by atoms with E-state index in [-0.39, 0.29) is 12.5 Å². The minimum Gasteiger partial charge on any atom is -0.396 e. The molecular weight excluding hydrogens is 230 g/mol. The van der Waals surface area contributed by atoms with Crippen LogP contribution in [0.5, 0.6) is 0 Å². The number of benzene rings is 1. The zero-order valence-corrected chi connectivity index (χ0v) is 10.3. The van der Waals surface area contributed by atoms with Crippen molar-refractivity contribution < 1.29 is 9.90 Å². The minimum atomic E-state index is -0.00414. The molecule has 0 aliphatic carbocycles. The third-order valence-electron chi connectivity index (χ3n) is 3.09. The molecule has 1 aromatic rings. The Labute approximate surface area is 106 Å². The maximum atomic E-state index is 11.9. The quantitative estimate of drug-likeness (QED) is 0.852. The number of nitrogens with zero attached hydrogens (tertiary/aromatic N) is 3. The average Bonchev–Trinajstić information content (AvgIpc) is 2.40. The molecule has 0 unspecified atom stereocenters. The third kappa shape index (κ3) is 2.15. The van der Waals surface area contributed by atoms with Gasteiger partial charge < -0.3 is 14.9 Å². The van der Waals surface area contributed by atoms with Gasteiger partial charge in [-0.3, -0.25) is 4.79 Å². The van der Waals surface area contributed by atoms with Crippen LogP contribution < -0.4 is 9.80 Å². The first-order valence-electron chi connectivity index (χ1n) is 5.84. The Morgan fingerprint density at radius 2 is 2.22 bits per heavy atom. The van der Waals surface area contributed by atoms with Gasteiger partial charge in [-0.1, -0.05) is 0 Å². The molecule has 0 fully saturated rings. The lowest BCUT2D eigenvalue weighted by atomic mass is 10.1. The summed E-state index contributed by atoms with van der Waals surface area (Å²) < 4.78 is 0. The molecule has 94 valence electrons. The highest BCUT2D eigenvalue weighted by molar-refractivity contribution is 6.03. The molecule has 1 amide bonds. The molecule has 18 heavy (non-hydrogen) atoms. The van der Waals surface area contributed by atoms with Crippen LogP contribution in [0.2, 0.25) is 0 Å². The Balaban J connectivity index is 2.39. The molecule has 0 saturated carbocycles. The van der Waals surface area contributed by atoms with Crippen molar-refractivity contribution in [1.29, 1.82) is 5.26 Å². The van der Waals surface area contributed by atoms with Crippen LogP contribution in [0, 0.1) is 11.3 Å². The van der Waals surface area contributed by atoms with Gasteiger partial charge in [0.15, 0.2) is 0 Å². The van der Waals surface area contributed by atoms with Crippen molar-refractivity contribution in [2.45, 2.75) is 6.42 Å². The van der Waals surface area contributed by atoms with E-state index in [4.69, 9.17) is 10.4 Å². The Bertz CT molecular complexity index is 507. The zero-order chi connectivity index (χ0) is 13.1. The maximum Gasteiger partial charge on any atom is 0.246 e. The van der Waals surface area contributed by atoms with Crippen molar-refractivity contribution >= 4 is 17.3 Å². The summed E-state index contributed by atoms with van der Waals surface area (Å²) in [4.78, 5) is 15.4. The first-order chi connectivity index (χ1) is 8.67. The molecule has 0 spiro atoms. The van der Waals surface area contributed by atoms with Crippen LogP contribution in [-0.4, -0.2) is 37.8 Å². The highest BCUT2D eigenvalue weighted by Gasteiger charge is 2.26. The normalized spacial score (nSPS) is 14.4. The number of likely N-dealkylation sites (N-methyl/N-ethyl adjacent to an activating group) is 1. The van der Waals surface area contributed by atoms with E-state index in [1.807, 2.05) is 11.0 Å². The first kappa shape index (κ1) is 12.4. The number of anilines is 2. The molecule has 5 nitrogen and oxygen atoms in total. The second-order valence-electron chi connectivity index (χ2n) is 4.27. The number of fused-ring (bicyclic) bond motifs is 1. The van der Waals surface area contributed by atoms with E-state index in [1.165, 1.54) is 0 Å². The highest BCUT2D eigenvalue weighted by atomic mass is 16.3. The summed E-state index contributed by atoms with van der Waals surface area (Å²) in [5.74, 6) is -0.00414. The standard InChI is InChI=1S/C13H15N3O2/c1-15-12-7-10(8-14)3-4-11(12)16(5-2-6-17)9-13(15)18/h3-4,7,17H,2,5-6,9H2,1H3. The van der Waals surface area contributed by atoms with E-state index < -0.39 is 0 Å². The average molecular weight is 245 g/mol. The molecule has 0 bridgehead atoms. The Morgan fingerprint density at radius 1 is 1.44 bits per heavy atom. The van der Waals surface area contributed by atoms with Gasteiger partial charge in [-0.2, -0.15) is 5.26 Å². The fourth-order valence-corrected chi connectivity index (χ4v) is 2.08. The predicted molar refractivity (Wildman–Crippen MR) is 68.5 cm³/mol. The molecule has 2 rings (SSSR count). The van der Waals surface area contributed by atoms with Crippen molar-refractivity contribution in [3.63, 3.8) is 0 Å². The van der Waals surface area contributed by atoms with E-state index in [2.05, 4.69) is 6.07 Å². The first-order valence-corrected chi connectivity index (χ1v) is 5.84. The SMILES string of the molecule is CN1C(=O)CN(CCCO)c2ccc(C#N)cc21. The van der Waals surface area contributed by atoms with Gasteiger partial charge in [-0.25, -0.2) is 0 Å². The van der Waals surface area contributed by atoms with Gasteiger partial charge in [0.25, 0.3) is 0 Å². The summed E-state index contributed by atoms with van der Waals surface area (Å²) in [7, 11) is 1.71. The van der Waals surface area contributed by atoms with E-state index in [0.29, 0.717) is 25.1 Å². The number of carbonyl (C=O) groups is 1. The largest absolute Gasteiger partial charge is 0.396 e. The predicted octanol–water partition coefficient (Wildman–Crippen LogP) is 0.723. The fraction of sp³-hybridized carbons (Fsp3) is 0.385. The van der Waals surface area contributed by atoms with Crippen molar-refractivity contribution in [2.75, 3.05) is 36.5 Å². The van der Waals surface area contributed by atoms with Crippen molar-refractivity contribution in [1.82, 2.24) is 0 Å².